The van der Waals surface area contributed by atoms with E-state index >= 15 is 0 Å². The van der Waals surface area contributed by atoms with Crippen LogP contribution in [0.15, 0.2) is 0 Å². The molecule has 2 saturated heterocycles. The largest absolute Gasteiger partial charge is 0.344 e. The summed E-state index contributed by atoms with van der Waals surface area (Å²) in [5.41, 5.74) is 0. The number of hydrogen-bond donors (Lipinski definition) is 1. The summed E-state index contributed by atoms with van der Waals surface area (Å²) in [6.45, 7) is 7.57. The monoisotopic (exact) mass is 281 g/mol. The average molecular weight is 281 g/mol. The molecule has 0 aliphatic carbocycles. The second kappa shape index (κ2) is 6.57. The Morgan fingerprint density at radius 3 is 2.45 bits per heavy atom. The summed E-state index contributed by atoms with van der Waals surface area (Å²) < 4.78 is 0. The molecule has 2 aliphatic rings. The molecule has 5 heteroatoms. The number of nitrogens with one attached hydrogen (secondary N) is 1. The molecule has 0 bridgehead atoms. The third-order valence-electron chi connectivity index (χ3n) is 4.49. The van der Waals surface area contributed by atoms with Crippen molar-refractivity contribution in [3.8, 4) is 0 Å². The van der Waals surface area contributed by atoms with Gasteiger partial charge in [0.1, 0.15) is 6.04 Å². The SMILES string of the molecule is CC(C)C1NC(=O)CCN(CC2CCN(C)CC2)C1=O. The van der Waals surface area contributed by atoms with Gasteiger partial charge in [-0.15, -0.1) is 0 Å². The van der Waals surface area contributed by atoms with Crippen molar-refractivity contribution in [2.24, 2.45) is 11.8 Å². The molecule has 0 spiro atoms. The van der Waals surface area contributed by atoms with Gasteiger partial charge in [0.2, 0.25) is 11.8 Å². The van der Waals surface area contributed by atoms with Crippen LogP contribution >= 0.6 is 0 Å². The third kappa shape index (κ3) is 3.72. The van der Waals surface area contributed by atoms with Gasteiger partial charge in [-0.1, -0.05) is 13.8 Å². The lowest BCUT2D eigenvalue weighted by Gasteiger charge is -2.34. The van der Waals surface area contributed by atoms with Crippen molar-refractivity contribution in [2.45, 2.75) is 39.2 Å². The van der Waals surface area contributed by atoms with Crippen molar-refractivity contribution in [3.63, 3.8) is 0 Å². The smallest absolute Gasteiger partial charge is 0.245 e. The Bertz CT molecular complexity index is 362. The van der Waals surface area contributed by atoms with E-state index in [-0.39, 0.29) is 23.8 Å². The number of piperidine rings is 1. The van der Waals surface area contributed by atoms with Crippen molar-refractivity contribution in [3.05, 3.63) is 0 Å². The van der Waals surface area contributed by atoms with Gasteiger partial charge in [-0.2, -0.15) is 0 Å². The van der Waals surface area contributed by atoms with Crippen molar-refractivity contribution in [2.75, 3.05) is 33.2 Å². The normalized spacial score (nSPS) is 26.8. The summed E-state index contributed by atoms with van der Waals surface area (Å²) in [6.07, 6.45) is 2.73. The maximum Gasteiger partial charge on any atom is 0.245 e. The highest BCUT2D eigenvalue weighted by Gasteiger charge is 2.33. The molecule has 114 valence electrons. The second-order valence-corrected chi connectivity index (χ2v) is 6.57. The molecule has 1 atom stereocenters. The molecule has 20 heavy (non-hydrogen) atoms. The Morgan fingerprint density at radius 2 is 1.85 bits per heavy atom. The Morgan fingerprint density at radius 1 is 1.20 bits per heavy atom. The standard InChI is InChI=1S/C15H27N3O2/c1-11(2)14-15(20)18(9-6-13(19)16-14)10-12-4-7-17(3)8-5-12/h11-12,14H,4-10H2,1-3H3,(H,16,19). The highest BCUT2D eigenvalue weighted by atomic mass is 16.2. The number of nitrogens with zero attached hydrogens (tertiary/aromatic N) is 2. The van der Waals surface area contributed by atoms with Crippen molar-refractivity contribution in [1.82, 2.24) is 15.1 Å². The first-order valence-corrected chi connectivity index (χ1v) is 7.74. The quantitative estimate of drug-likeness (QED) is 0.828. The molecule has 2 heterocycles. The molecule has 1 unspecified atom stereocenters. The van der Waals surface area contributed by atoms with Crippen molar-refractivity contribution in [1.29, 1.82) is 0 Å². The Kier molecular flexibility index (Phi) is 5.02. The van der Waals surface area contributed by atoms with Gasteiger partial charge >= 0.3 is 0 Å². The summed E-state index contributed by atoms with van der Waals surface area (Å²) >= 11 is 0. The molecule has 5 nitrogen and oxygen atoms in total. The van der Waals surface area contributed by atoms with E-state index in [0.717, 1.165) is 32.5 Å². The number of carbonyl (C=O) groups is 2. The van der Waals surface area contributed by atoms with Gasteiger partial charge in [-0.05, 0) is 44.8 Å². The van der Waals surface area contributed by atoms with Gasteiger partial charge in [-0.25, -0.2) is 0 Å². The van der Waals surface area contributed by atoms with E-state index in [4.69, 9.17) is 0 Å². The minimum atomic E-state index is -0.351. The zero-order chi connectivity index (χ0) is 14.7. The molecule has 2 aliphatic heterocycles. The fourth-order valence-electron chi connectivity index (χ4n) is 3.04. The van der Waals surface area contributed by atoms with Crippen molar-refractivity contribution >= 4 is 11.8 Å². The molecule has 0 radical (unpaired) electrons. The van der Waals surface area contributed by atoms with Crippen LogP contribution in [0.2, 0.25) is 0 Å². The summed E-state index contributed by atoms with van der Waals surface area (Å²) in [5.74, 6) is 0.827. The molecule has 0 aromatic carbocycles. The van der Waals surface area contributed by atoms with E-state index in [1.807, 2.05) is 18.7 Å². The number of hydrogen-bond acceptors (Lipinski definition) is 3. The maximum atomic E-state index is 12.6. The second-order valence-electron chi connectivity index (χ2n) is 6.57. The van der Waals surface area contributed by atoms with E-state index in [2.05, 4.69) is 17.3 Å². The predicted molar refractivity (Wildman–Crippen MR) is 78.2 cm³/mol. The lowest BCUT2D eigenvalue weighted by atomic mass is 9.95. The Labute approximate surface area is 121 Å². The van der Waals surface area contributed by atoms with Gasteiger partial charge < -0.3 is 15.1 Å². The molecule has 2 amide bonds. The van der Waals surface area contributed by atoms with Crippen LogP contribution in [0.5, 0.6) is 0 Å². The van der Waals surface area contributed by atoms with Gasteiger partial charge in [0.15, 0.2) is 0 Å². The van der Waals surface area contributed by atoms with E-state index in [1.54, 1.807) is 0 Å². The zero-order valence-electron chi connectivity index (χ0n) is 12.9. The minimum Gasteiger partial charge on any atom is -0.344 e. The molecular formula is C15H27N3O2. The minimum absolute atomic E-state index is 0.00271. The molecule has 0 aromatic rings. The van der Waals surface area contributed by atoms with Crippen LogP contribution in [0, 0.1) is 11.8 Å². The van der Waals surface area contributed by atoms with Crippen LogP contribution in [0.3, 0.4) is 0 Å². The first-order valence-electron chi connectivity index (χ1n) is 7.74. The third-order valence-corrected chi connectivity index (χ3v) is 4.49. The number of rotatable bonds is 3. The Balaban J connectivity index is 1.98. The summed E-state index contributed by atoms with van der Waals surface area (Å²) in [5, 5.41) is 2.86. The number of likely N-dealkylation sites (tertiary alicyclic amines) is 1. The summed E-state index contributed by atoms with van der Waals surface area (Å²) in [4.78, 5) is 28.6. The average Bonchev–Trinajstić information content (AvgIpc) is 2.54. The molecule has 2 fully saturated rings. The maximum absolute atomic E-state index is 12.6. The summed E-state index contributed by atoms with van der Waals surface area (Å²) in [7, 11) is 2.14. The van der Waals surface area contributed by atoms with Gasteiger partial charge in [0, 0.05) is 19.5 Å². The molecule has 2 rings (SSSR count). The van der Waals surface area contributed by atoms with Crippen LogP contribution in [0.4, 0.5) is 0 Å². The van der Waals surface area contributed by atoms with Crippen LogP contribution in [-0.4, -0.2) is 60.9 Å². The highest BCUT2D eigenvalue weighted by Crippen LogP contribution is 2.19. The van der Waals surface area contributed by atoms with Gasteiger partial charge in [0.05, 0.1) is 0 Å². The molecule has 1 N–H and O–H groups in total. The number of carbonyl (C=O) groups excluding carboxylic acids is 2. The van der Waals surface area contributed by atoms with Gasteiger partial charge in [-0.3, -0.25) is 9.59 Å². The fraction of sp³-hybridized carbons (Fsp3) is 0.867. The fourth-order valence-corrected chi connectivity index (χ4v) is 3.04. The molecule has 0 saturated carbocycles. The summed E-state index contributed by atoms with van der Waals surface area (Å²) in [6, 6.07) is -0.351. The topological polar surface area (TPSA) is 52.7 Å². The van der Waals surface area contributed by atoms with E-state index < -0.39 is 0 Å². The first kappa shape index (κ1) is 15.3. The molecule has 0 aromatic heterocycles. The lowest BCUT2D eigenvalue weighted by molar-refractivity contribution is -0.135. The van der Waals surface area contributed by atoms with Crippen LogP contribution in [-0.2, 0) is 9.59 Å². The Hall–Kier alpha value is -1.10. The lowest BCUT2D eigenvalue weighted by Crippen LogP contribution is -2.49. The van der Waals surface area contributed by atoms with Crippen LogP contribution in [0.1, 0.15) is 33.1 Å². The van der Waals surface area contributed by atoms with Crippen molar-refractivity contribution < 1.29 is 9.59 Å². The van der Waals surface area contributed by atoms with Crippen LogP contribution < -0.4 is 5.32 Å². The highest BCUT2D eigenvalue weighted by molar-refractivity contribution is 5.90. The van der Waals surface area contributed by atoms with Gasteiger partial charge in [0.25, 0.3) is 0 Å². The zero-order valence-corrected chi connectivity index (χ0v) is 12.9. The van der Waals surface area contributed by atoms with E-state index in [9.17, 15) is 9.59 Å². The van der Waals surface area contributed by atoms with E-state index in [0.29, 0.717) is 18.9 Å². The predicted octanol–water partition coefficient (Wildman–Crippen LogP) is 0.701. The first-order chi connectivity index (χ1) is 9.47. The number of amides is 2. The molecular weight excluding hydrogens is 254 g/mol. The van der Waals surface area contributed by atoms with Crippen LogP contribution in [0.25, 0.3) is 0 Å². The van der Waals surface area contributed by atoms with E-state index in [1.165, 1.54) is 0 Å².